The third kappa shape index (κ3) is 4.04. The maximum absolute atomic E-state index is 13.2. The number of halogens is 1. The summed E-state index contributed by atoms with van der Waals surface area (Å²) in [7, 11) is -3.51. The van der Waals surface area contributed by atoms with E-state index >= 15 is 0 Å². The molecule has 1 amide bonds. The predicted octanol–water partition coefficient (Wildman–Crippen LogP) is 2.44. The lowest BCUT2D eigenvalue weighted by Crippen LogP contribution is -2.29. The fraction of sp³-hybridized carbons (Fsp3) is 0.200. The average molecular weight is 442 g/mol. The molecule has 160 valence electrons. The zero-order chi connectivity index (χ0) is 22.2. The molecule has 0 aliphatic rings. The molecule has 0 spiro atoms. The van der Waals surface area contributed by atoms with E-state index in [4.69, 9.17) is 0 Å². The molecule has 1 N–H and O–H groups in total. The Kier molecular flexibility index (Phi) is 5.27. The smallest absolute Gasteiger partial charge is 0.254 e. The highest BCUT2D eigenvalue weighted by Crippen LogP contribution is 2.22. The molecule has 0 radical (unpaired) electrons. The highest BCUT2D eigenvalue weighted by atomic mass is 32.2. The molecule has 0 saturated carbocycles. The molecule has 31 heavy (non-hydrogen) atoms. The molecule has 3 heterocycles. The van der Waals surface area contributed by atoms with Crippen LogP contribution < -0.4 is 5.32 Å². The lowest BCUT2D eigenvalue weighted by Gasteiger charge is -2.15. The summed E-state index contributed by atoms with van der Waals surface area (Å²) in [5.74, 6) is -0.750. The van der Waals surface area contributed by atoms with Gasteiger partial charge >= 0.3 is 0 Å². The number of hydrogen-bond acceptors (Lipinski definition) is 6. The zero-order valence-electron chi connectivity index (χ0n) is 16.7. The fourth-order valence-corrected chi connectivity index (χ4v) is 3.75. The van der Waals surface area contributed by atoms with Crippen molar-refractivity contribution in [1.29, 1.82) is 0 Å². The third-order valence-corrected chi connectivity index (χ3v) is 5.69. The first-order valence-electron chi connectivity index (χ1n) is 9.42. The van der Waals surface area contributed by atoms with Gasteiger partial charge in [0.2, 0.25) is 0 Å². The largest absolute Gasteiger partial charge is 0.344 e. The quantitative estimate of drug-likeness (QED) is 0.491. The maximum atomic E-state index is 13.2. The van der Waals surface area contributed by atoms with Crippen molar-refractivity contribution >= 4 is 26.8 Å². The molecule has 0 aliphatic carbocycles. The van der Waals surface area contributed by atoms with Gasteiger partial charge in [-0.2, -0.15) is 14.3 Å². The first-order valence-corrected chi connectivity index (χ1v) is 11.3. The van der Waals surface area contributed by atoms with Crippen molar-refractivity contribution in [3.8, 4) is 5.69 Å². The summed E-state index contributed by atoms with van der Waals surface area (Å²) in [5, 5.41) is 11.8. The van der Waals surface area contributed by atoms with Crippen LogP contribution >= 0.6 is 0 Å². The number of hydrogen-bond donors (Lipinski definition) is 1. The first-order chi connectivity index (χ1) is 14.8. The van der Waals surface area contributed by atoms with Crippen LogP contribution in [-0.4, -0.2) is 44.5 Å². The number of rotatable bonds is 6. The van der Waals surface area contributed by atoms with Crippen molar-refractivity contribution in [3.63, 3.8) is 0 Å². The minimum Gasteiger partial charge on any atom is -0.344 e. The third-order valence-electron chi connectivity index (χ3n) is 4.81. The van der Waals surface area contributed by atoms with Gasteiger partial charge in [-0.1, -0.05) is 6.92 Å². The monoisotopic (exact) mass is 442 g/mol. The summed E-state index contributed by atoms with van der Waals surface area (Å²) < 4.78 is 39.0. The number of nitrogens with one attached hydrogen (secondary N) is 1. The van der Waals surface area contributed by atoms with Crippen LogP contribution in [0.15, 0.2) is 55.1 Å². The van der Waals surface area contributed by atoms with E-state index in [-0.39, 0.29) is 5.82 Å². The fourth-order valence-electron chi connectivity index (χ4n) is 3.22. The number of benzene rings is 1. The molecule has 3 aromatic heterocycles. The lowest BCUT2D eigenvalue weighted by molar-refractivity contribution is 0.0936. The lowest BCUT2D eigenvalue weighted by atomic mass is 10.1. The number of nitrogens with zero attached hydrogens (tertiary/aromatic N) is 5. The minimum atomic E-state index is -3.51. The molecular weight excluding hydrogens is 423 g/mol. The molecule has 1 aromatic carbocycles. The standard InChI is InChI=1S/C20H19FN6O3S/c1-3-17(18-8-9-26(25-18)31(2,29)30)24-20(28)16-10-22-12-19-15(16)11-23-27(19)14-6-4-13(21)5-7-14/h4-12,17H,3H2,1-2H3,(H,24,28). The number of amides is 1. The van der Waals surface area contributed by atoms with Gasteiger partial charge < -0.3 is 5.32 Å². The summed E-state index contributed by atoms with van der Waals surface area (Å²) in [4.78, 5) is 17.2. The molecule has 0 aliphatic heterocycles. The van der Waals surface area contributed by atoms with Gasteiger partial charge in [-0.15, -0.1) is 0 Å². The average Bonchev–Trinajstić information content (AvgIpc) is 3.39. The van der Waals surface area contributed by atoms with Crippen LogP contribution in [0.25, 0.3) is 16.6 Å². The summed E-state index contributed by atoms with van der Waals surface area (Å²) in [6, 6.07) is 6.89. The number of aromatic nitrogens is 5. The molecule has 0 fully saturated rings. The van der Waals surface area contributed by atoms with Gasteiger partial charge in [0.05, 0.1) is 47.2 Å². The van der Waals surface area contributed by atoms with Crippen LogP contribution in [0.2, 0.25) is 0 Å². The summed E-state index contributed by atoms with van der Waals surface area (Å²) in [5.41, 5.74) is 1.97. The molecule has 4 rings (SSSR count). The molecular formula is C20H19FN6O3S. The molecule has 1 unspecified atom stereocenters. The predicted molar refractivity (Wildman–Crippen MR) is 112 cm³/mol. The number of carbonyl (C=O) groups excluding carboxylic acids is 1. The Morgan fingerprint density at radius 3 is 2.55 bits per heavy atom. The number of fused-ring (bicyclic) bond motifs is 1. The summed E-state index contributed by atoms with van der Waals surface area (Å²) in [6.07, 6.45) is 7.46. The van der Waals surface area contributed by atoms with Crippen LogP contribution in [0.3, 0.4) is 0 Å². The Hall–Kier alpha value is -3.60. The maximum Gasteiger partial charge on any atom is 0.254 e. The molecule has 9 nitrogen and oxygen atoms in total. The molecule has 0 bridgehead atoms. The van der Waals surface area contributed by atoms with E-state index in [0.29, 0.717) is 34.3 Å². The van der Waals surface area contributed by atoms with Gasteiger partial charge in [-0.05, 0) is 36.8 Å². The molecule has 11 heteroatoms. The van der Waals surface area contributed by atoms with Gasteiger partial charge in [0.1, 0.15) is 5.82 Å². The van der Waals surface area contributed by atoms with Crippen molar-refractivity contribution in [2.45, 2.75) is 19.4 Å². The Bertz CT molecular complexity index is 1360. The van der Waals surface area contributed by atoms with E-state index < -0.39 is 22.0 Å². The SMILES string of the molecule is CCC(NC(=O)c1cncc2c1cnn2-c1ccc(F)cc1)c1ccn(S(C)(=O)=O)n1. The Morgan fingerprint density at radius 2 is 1.90 bits per heavy atom. The van der Waals surface area contributed by atoms with Gasteiger partial charge in [-0.3, -0.25) is 9.78 Å². The Labute approximate surface area is 177 Å². The highest BCUT2D eigenvalue weighted by Gasteiger charge is 2.21. The minimum absolute atomic E-state index is 0.312. The second kappa shape index (κ2) is 7.91. The Balaban J connectivity index is 1.64. The van der Waals surface area contributed by atoms with Gasteiger partial charge in [-0.25, -0.2) is 17.5 Å². The van der Waals surface area contributed by atoms with Crippen molar-refractivity contribution in [2.75, 3.05) is 6.26 Å². The van der Waals surface area contributed by atoms with E-state index in [1.165, 1.54) is 24.5 Å². The summed E-state index contributed by atoms with van der Waals surface area (Å²) in [6.45, 7) is 1.86. The van der Waals surface area contributed by atoms with Crippen molar-refractivity contribution in [2.24, 2.45) is 0 Å². The van der Waals surface area contributed by atoms with Crippen LogP contribution in [0.1, 0.15) is 35.4 Å². The van der Waals surface area contributed by atoms with Crippen LogP contribution in [0.4, 0.5) is 4.39 Å². The highest BCUT2D eigenvalue weighted by molar-refractivity contribution is 7.89. The molecule has 0 saturated heterocycles. The van der Waals surface area contributed by atoms with E-state index in [1.54, 1.807) is 35.3 Å². The first kappa shape index (κ1) is 20.7. The molecule has 1 atom stereocenters. The normalized spacial score (nSPS) is 12.7. The van der Waals surface area contributed by atoms with E-state index in [2.05, 4.69) is 20.5 Å². The van der Waals surface area contributed by atoms with Crippen LogP contribution in [-0.2, 0) is 10.0 Å². The summed E-state index contributed by atoms with van der Waals surface area (Å²) >= 11 is 0. The number of carbonyl (C=O) groups is 1. The zero-order valence-corrected chi connectivity index (χ0v) is 17.5. The molecule has 4 aromatic rings. The van der Waals surface area contributed by atoms with E-state index in [0.717, 1.165) is 10.3 Å². The van der Waals surface area contributed by atoms with Crippen molar-refractivity contribution in [1.82, 2.24) is 29.3 Å². The second-order valence-corrected chi connectivity index (χ2v) is 8.80. The van der Waals surface area contributed by atoms with E-state index in [9.17, 15) is 17.6 Å². The van der Waals surface area contributed by atoms with Crippen LogP contribution in [0, 0.1) is 5.82 Å². The number of pyridine rings is 1. The van der Waals surface area contributed by atoms with Crippen molar-refractivity contribution < 1.29 is 17.6 Å². The van der Waals surface area contributed by atoms with Gasteiger partial charge in [0.15, 0.2) is 0 Å². The van der Waals surface area contributed by atoms with E-state index in [1.807, 2.05) is 6.92 Å². The topological polar surface area (TPSA) is 112 Å². The van der Waals surface area contributed by atoms with Gasteiger partial charge in [0.25, 0.3) is 15.9 Å². The second-order valence-electron chi connectivity index (χ2n) is 6.96. The van der Waals surface area contributed by atoms with Crippen LogP contribution in [0.5, 0.6) is 0 Å². The Morgan fingerprint density at radius 1 is 1.16 bits per heavy atom. The van der Waals surface area contributed by atoms with Crippen molar-refractivity contribution in [3.05, 3.63) is 72.2 Å². The van der Waals surface area contributed by atoms with Gasteiger partial charge in [0, 0.05) is 17.8 Å².